The van der Waals surface area contributed by atoms with E-state index in [0.29, 0.717) is 6.04 Å². The Labute approximate surface area is 134 Å². The molecule has 118 valence electrons. The molecule has 1 saturated carbocycles. The molecule has 2 rings (SSSR count). The van der Waals surface area contributed by atoms with Gasteiger partial charge in [-0.05, 0) is 43.2 Å². The molecule has 0 amide bonds. The van der Waals surface area contributed by atoms with Gasteiger partial charge in [0, 0.05) is 23.2 Å². The molecule has 0 radical (unpaired) electrons. The van der Waals surface area contributed by atoms with Gasteiger partial charge in [-0.1, -0.05) is 44.4 Å². The predicted octanol–water partition coefficient (Wildman–Crippen LogP) is 5.04. The molecule has 0 heterocycles. The zero-order valence-electron chi connectivity index (χ0n) is 13.5. The van der Waals surface area contributed by atoms with Crippen LogP contribution in [0.3, 0.4) is 0 Å². The van der Waals surface area contributed by atoms with Gasteiger partial charge in [-0.25, -0.2) is 0 Å². The first-order chi connectivity index (χ1) is 10.1. The average Bonchev–Trinajstić information content (AvgIpc) is 2.45. The van der Waals surface area contributed by atoms with Crippen LogP contribution in [0.15, 0.2) is 18.2 Å². The molecule has 1 aliphatic carbocycles. The minimum absolute atomic E-state index is 0.614. The second-order valence-corrected chi connectivity index (χ2v) is 7.07. The Balaban J connectivity index is 1.91. The van der Waals surface area contributed by atoms with E-state index >= 15 is 0 Å². The van der Waals surface area contributed by atoms with Crippen LogP contribution in [-0.2, 0) is 6.54 Å². The van der Waals surface area contributed by atoms with Gasteiger partial charge in [-0.2, -0.15) is 0 Å². The number of nitrogens with one attached hydrogen (secondary N) is 1. The van der Waals surface area contributed by atoms with E-state index in [4.69, 9.17) is 16.3 Å². The lowest BCUT2D eigenvalue weighted by Gasteiger charge is -2.31. The third-order valence-electron chi connectivity index (χ3n) is 4.45. The lowest BCUT2D eigenvalue weighted by molar-refractivity contribution is 0.251. The van der Waals surface area contributed by atoms with Crippen molar-refractivity contribution in [2.24, 2.45) is 11.8 Å². The van der Waals surface area contributed by atoms with Crippen LogP contribution in [0.4, 0.5) is 0 Å². The molecule has 1 aliphatic rings. The minimum atomic E-state index is 0.614. The Morgan fingerprint density at radius 3 is 2.86 bits per heavy atom. The van der Waals surface area contributed by atoms with Crippen LogP contribution < -0.4 is 10.1 Å². The molecule has 1 N–H and O–H groups in total. The monoisotopic (exact) mass is 309 g/mol. The highest BCUT2D eigenvalue weighted by atomic mass is 35.5. The number of hydrogen-bond acceptors (Lipinski definition) is 2. The van der Waals surface area contributed by atoms with Crippen molar-refractivity contribution in [1.82, 2.24) is 5.32 Å². The standard InChI is InChI=1S/C18H28ClNO/c1-13(2)10-14-6-4-7-15(11-14)20-12-16-17(19)8-5-9-18(16)21-3/h5,8-9,13-15,20H,4,6-7,10-12H2,1-3H3. The summed E-state index contributed by atoms with van der Waals surface area (Å²) in [5, 5.41) is 4.48. The van der Waals surface area contributed by atoms with Gasteiger partial charge in [0.25, 0.3) is 0 Å². The van der Waals surface area contributed by atoms with E-state index in [9.17, 15) is 0 Å². The van der Waals surface area contributed by atoms with Crippen LogP contribution in [0.5, 0.6) is 5.75 Å². The summed E-state index contributed by atoms with van der Waals surface area (Å²) < 4.78 is 5.42. The van der Waals surface area contributed by atoms with Crippen molar-refractivity contribution in [3.8, 4) is 5.75 Å². The third-order valence-corrected chi connectivity index (χ3v) is 4.80. The van der Waals surface area contributed by atoms with Crippen LogP contribution in [-0.4, -0.2) is 13.2 Å². The van der Waals surface area contributed by atoms with Crippen LogP contribution in [0, 0.1) is 11.8 Å². The fraction of sp³-hybridized carbons (Fsp3) is 0.667. The van der Waals surface area contributed by atoms with Gasteiger partial charge in [0.2, 0.25) is 0 Å². The average molecular weight is 310 g/mol. The molecule has 0 saturated heterocycles. The molecule has 2 atom stereocenters. The quantitative estimate of drug-likeness (QED) is 0.794. The van der Waals surface area contributed by atoms with Gasteiger partial charge < -0.3 is 10.1 Å². The topological polar surface area (TPSA) is 21.3 Å². The summed E-state index contributed by atoms with van der Waals surface area (Å²) in [4.78, 5) is 0. The fourth-order valence-corrected chi connectivity index (χ4v) is 3.74. The summed E-state index contributed by atoms with van der Waals surface area (Å²) in [7, 11) is 1.70. The fourth-order valence-electron chi connectivity index (χ4n) is 3.51. The second kappa shape index (κ2) is 8.05. The van der Waals surface area contributed by atoms with Gasteiger partial charge in [0.1, 0.15) is 5.75 Å². The van der Waals surface area contributed by atoms with Gasteiger partial charge >= 0.3 is 0 Å². The Kier molecular flexibility index (Phi) is 6.38. The number of rotatable bonds is 6. The van der Waals surface area contributed by atoms with Crippen molar-refractivity contribution in [2.75, 3.05) is 7.11 Å². The molecule has 1 aromatic rings. The predicted molar refractivity (Wildman–Crippen MR) is 90.0 cm³/mol. The van der Waals surface area contributed by atoms with Crippen molar-refractivity contribution in [3.05, 3.63) is 28.8 Å². The van der Waals surface area contributed by atoms with Crippen LogP contribution >= 0.6 is 11.6 Å². The molecule has 0 aromatic heterocycles. The Morgan fingerprint density at radius 2 is 2.14 bits per heavy atom. The smallest absolute Gasteiger partial charge is 0.124 e. The first-order valence-corrected chi connectivity index (χ1v) is 8.52. The number of hydrogen-bond donors (Lipinski definition) is 1. The molecular formula is C18H28ClNO. The molecule has 0 spiro atoms. The van der Waals surface area contributed by atoms with Gasteiger partial charge in [0.05, 0.1) is 7.11 Å². The molecule has 1 fully saturated rings. The summed E-state index contributed by atoms with van der Waals surface area (Å²) in [6.45, 7) is 5.44. The SMILES string of the molecule is COc1cccc(Cl)c1CNC1CCCC(CC(C)C)C1. The third kappa shape index (κ3) is 4.89. The number of halogens is 1. The summed E-state index contributed by atoms with van der Waals surface area (Å²) in [5.41, 5.74) is 1.08. The van der Waals surface area contributed by atoms with E-state index in [0.717, 1.165) is 34.7 Å². The van der Waals surface area contributed by atoms with Crippen LogP contribution in [0.2, 0.25) is 5.02 Å². The minimum Gasteiger partial charge on any atom is -0.496 e. The molecule has 0 aliphatic heterocycles. The van der Waals surface area contributed by atoms with E-state index in [1.807, 2.05) is 18.2 Å². The van der Waals surface area contributed by atoms with Gasteiger partial charge in [-0.3, -0.25) is 0 Å². The highest BCUT2D eigenvalue weighted by Crippen LogP contribution is 2.31. The first-order valence-electron chi connectivity index (χ1n) is 8.15. The van der Waals surface area contributed by atoms with E-state index in [1.54, 1.807) is 7.11 Å². The number of benzene rings is 1. The zero-order chi connectivity index (χ0) is 15.2. The Morgan fingerprint density at radius 1 is 1.33 bits per heavy atom. The largest absolute Gasteiger partial charge is 0.496 e. The Bertz CT molecular complexity index is 447. The normalized spacial score (nSPS) is 22.5. The summed E-state index contributed by atoms with van der Waals surface area (Å²) in [6, 6.07) is 6.46. The summed E-state index contributed by atoms with van der Waals surface area (Å²) in [6.07, 6.45) is 6.67. The van der Waals surface area contributed by atoms with Gasteiger partial charge in [-0.15, -0.1) is 0 Å². The summed E-state index contributed by atoms with van der Waals surface area (Å²) >= 11 is 6.30. The van der Waals surface area contributed by atoms with Gasteiger partial charge in [0.15, 0.2) is 0 Å². The van der Waals surface area contributed by atoms with Crippen LogP contribution in [0.1, 0.15) is 51.5 Å². The molecule has 2 nitrogen and oxygen atoms in total. The van der Waals surface area contributed by atoms with Crippen molar-refractivity contribution >= 4 is 11.6 Å². The van der Waals surface area contributed by atoms with E-state index in [1.165, 1.54) is 32.1 Å². The van der Waals surface area contributed by atoms with Crippen molar-refractivity contribution < 1.29 is 4.74 Å². The van der Waals surface area contributed by atoms with E-state index < -0.39 is 0 Å². The van der Waals surface area contributed by atoms with Crippen molar-refractivity contribution in [1.29, 1.82) is 0 Å². The van der Waals surface area contributed by atoms with E-state index in [2.05, 4.69) is 19.2 Å². The van der Waals surface area contributed by atoms with Crippen molar-refractivity contribution in [3.63, 3.8) is 0 Å². The number of methoxy groups -OCH3 is 1. The molecule has 0 bridgehead atoms. The summed E-state index contributed by atoms with van der Waals surface area (Å²) in [5.74, 6) is 2.56. The number of ether oxygens (including phenoxy) is 1. The lowest BCUT2D eigenvalue weighted by Crippen LogP contribution is -2.34. The van der Waals surface area contributed by atoms with E-state index in [-0.39, 0.29) is 0 Å². The Hall–Kier alpha value is -0.730. The lowest BCUT2D eigenvalue weighted by atomic mass is 9.81. The molecular weight excluding hydrogens is 282 g/mol. The zero-order valence-corrected chi connectivity index (χ0v) is 14.2. The molecule has 21 heavy (non-hydrogen) atoms. The first kappa shape index (κ1) is 16.6. The maximum atomic E-state index is 6.30. The highest BCUT2D eigenvalue weighted by molar-refractivity contribution is 6.31. The highest BCUT2D eigenvalue weighted by Gasteiger charge is 2.22. The molecule has 2 unspecified atom stereocenters. The maximum Gasteiger partial charge on any atom is 0.124 e. The second-order valence-electron chi connectivity index (χ2n) is 6.66. The molecule has 3 heteroatoms. The maximum absolute atomic E-state index is 6.30. The van der Waals surface area contributed by atoms with Crippen molar-refractivity contribution in [2.45, 2.75) is 58.5 Å². The van der Waals surface area contributed by atoms with Crippen LogP contribution in [0.25, 0.3) is 0 Å². The molecule has 1 aromatic carbocycles.